The van der Waals surface area contributed by atoms with Crippen molar-refractivity contribution in [1.29, 1.82) is 0 Å². The molecule has 0 saturated carbocycles. The molecule has 0 atom stereocenters. The number of benzene rings is 1. The van der Waals surface area contributed by atoms with Crippen LogP contribution >= 0.6 is 0 Å². The number of methoxy groups -OCH3 is 1. The van der Waals surface area contributed by atoms with Gasteiger partial charge in [-0.1, -0.05) is 5.16 Å². The van der Waals surface area contributed by atoms with Crippen molar-refractivity contribution in [2.45, 2.75) is 26.5 Å². The average molecular weight is 281 g/mol. The van der Waals surface area contributed by atoms with Gasteiger partial charge < -0.3 is 19.7 Å². The average Bonchev–Trinajstić information content (AvgIpc) is 2.88. The minimum atomic E-state index is -0.480. The maximum absolute atomic E-state index is 13.7. The maximum atomic E-state index is 13.7. The molecule has 2 N–H and O–H groups in total. The second kappa shape index (κ2) is 5.87. The van der Waals surface area contributed by atoms with Crippen LogP contribution in [0.2, 0.25) is 0 Å². The third kappa shape index (κ3) is 2.88. The van der Waals surface area contributed by atoms with Crippen LogP contribution in [0.5, 0.6) is 11.5 Å². The van der Waals surface area contributed by atoms with Crippen LogP contribution in [0, 0.1) is 5.82 Å². The molecule has 0 radical (unpaired) electrons. The molecule has 0 amide bonds. The first-order valence-electron chi connectivity index (χ1n) is 6.12. The molecule has 1 aromatic heterocycles. The second-order valence-electron chi connectivity index (χ2n) is 4.37. The summed E-state index contributed by atoms with van der Waals surface area (Å²) in [6.07, 6.45) is -0.117. The number of halogens is 1. The third-order valence-electron chi connectivity index (χ3n) is 2.48. The zero-order chi connectivity index (χ0) is 14.7. The molecule has 108 valence electrons. The van der Waals surface area contributed by atoms with Gasteiger partial charge >= 0.3 is 0 Å². The van der Waals surface area contributed by atoms with Gasteiger partial charge in [0, 0.05) is 6.07 Å². The molecule has 0 aliphatic heterocycles. The first kappa shape index (κ1) is 14.3. The summed E-state index contributed by atoms with van der Waals surface area (Å²) in [7, 11) is 1.44. The van der Waals surface area contributed by atoms with E-state index >= 15 is 0 Å². The largest absolute Gasteiger partial charge is 0.493 e. The van der Waals surface area contributed by atoms with Crippen LogP contribution in [0.1, 0.15) is 19.7 Å². The molecule has 0 saturated heterocycles. The Bertz CT molecular complexity index is 599. The number of nitrogens with zero attached hydrogens (tertiary/aromatic N) is 2. The molecule has 20 heavy (non-hydrogen) atoms. The predicted molar refractivity (Wildman–Crippen MR) is 69.9 cm³/mol. The van der Waals surface area contributed by atoms with E-state index in [2.05, 4.69) is 10.1 Å². The Hall–Kier alpha value is -2.15. The van der Waals surface area contributed by atoms with Crippen LogP contribution < -0.4 is 15.2 Å². The summed E-state index contributed by atoms with van der Waals surface area (Å²) in [5.74, 6) is 0.630. The normalized spacial score (nSPS) is 10.9. The lowest BCUT2D eigenvalue weighted by atomic mass is 10.1. The summed E-state index contributed by atoms with van der Waals surface area (Å²) in [4.78, 5) is 4.08. The molecule has 0 bridgehead atoms. The Labute approximate surface area is 115 Å². The maximum Gasteiger partial charge on any atom is 0.240 e. The number of hydrogen-bond donors (Lipinski definition) is 1. The van der Waals surface area contributed by atoms with Gasteiger partial charge in [-0.15, -0.1) is 0 Å². The summed E-state index contributed by atoms with van der Waals surface area (Å²) in [5, 5.41) is 3.77. The standard InChI is InChI=1S/C13H16FN3O3/c1-7(2)19-12-9(4-8(14)5-10(12)18-3)13-16-11(6-15)20-17-13/h4-5,7H,6,15H2,1-3H3. The van der Waals surface area contributed by atoms with E-state index in [1.54, 1.807) is 0 Å². The van der Waals surface area contributed by atoms with Gasteiger partial charge in [0.2, 0.25) is 11.7 Å². The summed E-state index contributed by atoms with van der Waals surface area (Å²) < 4.78 is 29.4. The van der Waals surface area contributed by atoms with Gasteiger partial charge in [0.15, 0.2) is 11.5 Å². The number of ether oxygens (including phenoxy) is 2. The SMILES string of the molecule is COc1cc(F)cc(-c2noc(CN)n2)c1OC(C)C. The molecule has 0 spiro atoms. The topological polar surface area (TPSA) is 83.4 Å². The third-order valence-corrected chi connectivity index (χ3v) is 2.48. The number of rotatable bonds is 5. The van der Waals surface area contributed by atoms with Crippen molar-refractivity contribution in [2.24, 2.45) is 5.73 Å². The highest BCUT2D eigenvalue weighted by Gasteiger charge is 2.20. The van der Waals surface area contributed by atoms with Gasteiger partial charge in [-0.25, -0.2) is 4.39 Å². The van der Waals surface area contributed by atoms with Gasteiger partial charge in [0.25, 0.3) is 0 Å². The first-order chi connectivity index (χ1) is 9.55. The molecule has 0 fully saturated rings. The molecule has 7 heteroatoms. The van der Waals surface area contributed by atoms with Crippen molar-refractivity contribution in [2.75, 3.05) is 7.11 Å². The lowest BCUT2D eigenvalue weighted by Gasteiger charge is -2.16. The van der Waals surface area contributed by atoms with E-state index in [4.69, 9.17) is 19.7 Å². The van der Waals surface area contributed by atoms with Gasteiger partial charge in [-0.05, 0) is 19.9 Å². The van der Waals surface area contributed by atoms with Crippen LogP contribution in [0.3, 0.4) is 0 Å². The van der Waals surface area contributed by atoms with Crippen molar-refractivity contribution in [3.05, 3.63) is 23.8 Å². The predicted octanol–water partition coefficient (Wildman–Crippen LogP) is 2.13. The Kier molecular flexibility index (Phi) is 4.19. The van der Waals surface area contributed by atoms with Crippen LogP contribution in [0.25, 0.3) is 11.4 Å². The quantitative estimate of drug-likeness (QED) is 0.903. The van der Waals surface area contributed by atoms with Crippen molar-refractivity contribution in [3.63, 3.8) is 0 Å². The minimum Gasteiger partial charge on any atom is -0.493 e. The number of aromatic nitrogens is 2. The fourth-order valence-corrected chi connectivity index (χ4v) is 1.69. The zero-order valence-electron chi connectivity index (χ0n) is 11.5. The molecule has 0 aliphatic carbocycles. The Morgan fingerprint density at radius 3 is 2.70 bits per heavy atom. The van der Waals surface area contributed by atoms with Crippen LogP contribution in [-0.4, -0.2) is 23.4 Å². The minimum absolute atomic E-state index is 0.111. The zero-order valence-corrected chi connectivity index (χ0v) is 11.5. The van der Waals surface area contributed by atoms with Crippen LogP contribution in [0.15, 0.2) is 16.7 Å². The van der Waals surface area contributed by atoms with E-state index in [0.29, 0.717) is 11.3 Å². The molecule has 0 unspecified atom stereocenters. The lowest BCUT2D eigenvalue weighted by Crippen LogP contribution is -2.08. The highest BCUT2D eigenvalue weighted by molar-refractivity contribution is 5.68. The highest BCUT2D eigenvalue weighted by atomic mass is 19.1. The molecular formula is C13H16FN3O3. The molecular weight excluding hydrogens is 265 g/mol. The fourth-order valence-electron chi connectivity index (χ4n) is 1.69. The summed E-state index contributed by atoms with van der Waals surface area (Å²) in [6, 6.07) is 2.51. The van der Waals surface area contributed by atoms with Crippen molar-refractivity contribution < 1.29 is 18.4 Å². The molecule has 2 aromatic rings. The van der Waals surface area contributed by atoms with Crippen LogP contribution in [0.4, 0.5) is 4.39 Å². The van der Waals surface area contributed by atoms with Crippen molar-refractivity contribution in [3.8, 4) is 22.9 Å². The van der Waals surface area contributed by atoms with E-state index in [9.17, 15) is 4.39 Å². The van der Waals surface area contributed by atoms with Crippen molar-refractivity contribution >= 4 is 0 Å². The van der Waals surface area contributed by atoms with Crippen molar-refractivity contribution in [1.82, 2.24) is 10.1 Å². The van der Waals surface area contributed by atoms with E-state index in [1.807, 2.05) is 13.8 Å². The number of hydrogen-bond acceptors (Lipinski definition) is 6. The second-order valence-corrected chi connectivity index (χ2v) is 4.37. The Morgan fingerprint density at radius 2 is 2.15 bits per heavy atom. The molecule has 2 rings (SSSR count). The van der Waals surface area contributed by atoms with Gasteiger partial charge in [0.1, 0.15) is 5.82 Å². The highest BCUT2D eigenvalue weighted by Crippen LogP contribution is 2.38. The lowest BCUT2D eigenvalue weighted by molar-refractivity contribution is 0.230. The van der Waals surface area contributed by atoms with Gasteiger partial charge in [-0.3, -0.25) is 0 Å². The monoisotopic (exact) mass is 281 g/mol. The molecule has 1 aromatic carbocycles. The molecule has 0 aliphatic rings. The fraction of sp³-hybridized carbons (Fsp3) is 0.385. The van der Waals surface area contributed by atoms with E-state index in [1.165, 1.54) is 19.2 Å². The van der Waals surface area contributed by atoms with E-state index < -0.39 is 5.82 Å². The number of nitrogens with two attached hydrogens (primary N) is 1. The summed E-state index contributed by atoms with van der Waals surface area (Å²) >= 11 is 0. The summed E-state index contributed by atoms with van der Waals surface area (Å²) in [5.41, 5.74) is 5.78. The summed E-state index contributed by atoms with van der Waals surface area (Å²) in [6.45, 7) is 3.82. The Morgan fingerprint density at radius 1 is 1.40 bits per heavy atom. The van der Waals surface area contributed by atoms with Gasteiger partial charge in [-0.2, -0.15) is 4.98 Å². The van der Waals surface area contributed by atoms with E-state index in [0.717, 1.165) is 0 Å². The van der Waals surface area contributed by atoms with Gasteiger partial charge in [0.05, 0.1) is 25.3 Å². The van der Waals surface area contributed by atoms with E-state index in [-0.39, 0.29) is 30.1 Å². The smallest absolute Gasteiger partial charge is 0.240 e. The molecule has 1 heterocycles. The first-order valence-corrected chi connectivity index (χ1v) is 6.12. The Balaban J connectivity index is 2.56. The van der Waals surface area contributed by atoms with Crippen LogP contribution in [-0.2, 0) is 6.54 Å². The molecule has 6 nitrogen and oxygen atoms in total.